The van der Waals surface area contributed by atoms with Crippen LogP contribution in [0.3, 0.4) is 0 Å². The maximum atomic E-state index is 6.12. The van der Waals surface area contributed by atoms with Crippen molar-refractivity contribution in [2.24, 2.45) is 0 Å². The molecule has 0 aliphatic rings. The Kier molecular flexibility index (Phi) is 5.16. The first-order valence-electron chi connectivity index (χ1n) is 9.43. The molecular formula is C23H23N5O. The second-order valence-corrected chi connectivity index (χ2v) is 6.77. The predicted molar refractivity (Wildman–Crippen MR) is 117 cm³/mol. The van der Waals surface area contributed by atoms with Gasteiger partial charge in [0.15, 0.2) is 0 Å². The highest BCUT2D eigenvalue weighted by atomic mass is 16.5. The summed E-state index contributed by atoms with van der Waals surface area (Å²) < 4.78 is 8.20. The third kappa shape index (κ3) is 4.21. The molecular weight excluding hydrogens is 362 g/mol. The lowest BCUT2D eigenvalue weighted by atomic mass is 10.1. The van der Waals surface area contributed by atoms with E-state index in [2.05, 4.69) is 37.3 Å². The smallest absolute Gasteiger partial charge is 0.230 e. The van der Waals surface area contributed by atoms with E-state index in [1.54, 1.807) is 12.3 Å². The molecule has 2 aromatic heterocycles. The van der Waals surface area contributed by atoms with Crippen LogP contribution in [-0.4, -0.2) is 21.6 Å². The lowest BCUT2D eigenvalue weighted by Gasteiger charge is -2.14. The molecule has 146 valence electrons. The molecule has 2 heterocycles. The Morgan fingerprint density at radius 1 is 0.897 bits per heavy atom. The second-order valence-electron chi connectivity index (χ2n) is 6.77. The Bertz CT molecular complexity index is 1080. The van der Waals surface area contributed by atoms with Gasteiger partial charge >= 0.3 is 0 Å². The van der Waals surface area contributed by atoms with Crippen LogP contribution in [0.25, 0.3) is 5.69 Å². The maximum absolute atomic E-state index is 6.12. The minimum absolute atomic E-state index is 0.485. The summed E-state index contributed by atoms with van der Waals surface area (Å²) in [4.78, 5) is 8.79. The number of hydrogen-bond donors (Lipinski definition) is 2. The Hall–Kier alpha value is -3.80. The topological polar surface area (TPSA) is 64.0 Å². The molecule has 6 nitrogen and oxygen atoms in total. The van der Waals surface area contributed by atoms with Crippen LogP contribution in [-0.2, 0) is 0 Å². The van der Waals surface area contributed by atoms with Crippen molar-refractivity contribution in [3.63, 3.8) is 0 Å². The van der Waals surface area contributed by atoms with Gasteiger partial charge in [-0.2, -0.15) is 4.98 Å². The first-order valence-corrected chi connectivity index (χ1v) is 9.43. The van der Waals surface area contributed by atoms with Gasteiger partial charge in [-0.1, -0.05) is 0 Å². The minimum atomic E-state index is 0.485. The monoisotopic (exact) mass is 385 g/mol. The highest BCUT2D eigenvalue weighted by molar-refractivity contribution is 5.58. The van der Waals surface area contributed by atoms with E-state index in [-0.39, 0.29) is 0 Å². The van der Waals surface area contributed by atoms with Crippen LogP contribution in [0, 0.1) is 13.8 Å². The number of nitrogens with one attached hydrogen (secondary N) is 2. The minimum Gasteiger partial charge on any atom is -0.438 e. The van der Waals surface area contributed by atoms with Crippen LogP contribution in [0.2, 0.25) is 0 Å². The molecule has 0 fully saturated rings. The van der Waals surface area contributed by atoms with E-state index >= 15 is 0 Å². The van der Waals surface area contributed by atoms with Gasteiger partial charge in [0.1, 0.15) is 5.75 Å². The van der Waals surface area contributed by atoms with Crippen molar-refractivity contribution in [3.8, 4) is 17.3 Å². The molecule has 4 rings (SSSR count). The summed E-state index contributed by atoms with van der Waals surface area (Å²) in [6.45, 7) is 4.08. The number of nitrogens with zero attached hydrogens (tertiary/aromatic N) is 3. The van der Waals surface area contributed by atoms with Crippen LogP contribution in [0.4, 0.5) is 17.3 Å². The Morgan fingerprint density at radius 2 is 1.55 bits per heavy atom. The summed E-state index contributed by atoms with van der Waals surface area (Å²) in [7, 11) is 1.89. The fourth-order valence-electron chi connectivity index (χ4n) is 3.16. The van der Waals surface area contributed by atoms with E-state index in [9.17, 15) is 0 Å². The Labute approximate surface area is 170 Å². The lowest BCUT2D eigenvalue weighted by Crippen LogP contribution is -2.00. The lowest BCUT2D eigenvalue weighted by molar-refractivity contribution is 0.455. The maximum Gasteiger partial charge on any atom is 0.230 e. The van der Waals surface area contributed by atoms with Crippen molar-refractivity contribution in [1.82, 2.24) is 14.5 Å². The number of aryl methyl sites for hydroxylation is 2. The van der Waals surface area contributed by atoms with Crippen LogP contribution in [0.15, 0.2) is 73.2 Å². The second kappa shape index (κ2) is 8.06. The normalized spacial score (nSPS) is 10.6. The molecule has 0 radical (unpaired) electrons. The zero-order valence-corrected chi connectivity index (χ0v) is 16.7. The molecule has 29 heavy (non-hydrogen) atoms. The first kappa shape index (κ1) is 18.6. The van der Waals surface area contributed by atoms with Gasteiger partial charge in [0.05, 0.1) is 0 Å². The van der Waals surface area contributed by atoms with Gasteiger partial charge in [0.2, 0.25) is 11.8 Å². The van der Waals surface area contributed by atoms with Crippen molar-refractivity contribution in [3.05, 3.63) is 84.3 Å². The standard InChI is InChI=1S/C23H23N5O/c1-16-14-20(28-12-4-5-13-28)15-17(2)22(16)29-21-10-11-25-23(27-21)26-19-8-6-18(24-3)7-9-19/h4-15,24H,1-3H3,(H,25,26,27). The van der Waals surface area contributed by atoms with Gasteiger partial charge in [-0.3, -0.25) is 0 Å². The van der Waals surface area contributed by atoms with Gasteiger partial charge in [0.25, 0.3) is 0 Å². The molecule has 0 bridgehead atoms. The fourth-order valence-corrected chi connectivity index (χ4v) is 3.16. The van der Waals surface area contributed by atoms with Crippen molar-refractivity contribution in [1.29, 1.82) is 0 Å². The van der Waals surface area contributed by atoms with Crippen molar-refractivity contribution >= 4 is 17.3 Å². The van der Waals surface area contributed by atoms with Crippen LogP contribution >= 0.6 is 0 Å². The summed E-state index contributed by atoms with van der Waals surface area (Å²) >= 11 is 0. The number of aromatic nitrogens is 3. The van der Waals surface area contributed by atoms with Gasteiger partial charge in [0, 0.05) is 48.8 Å². The molecule has 0 saturated heterocycles. The number of benzene rings is 2. The molecule has 0 amide bonds. The Morgan fingerprint density at radius 3 is 2.21 bits per heavy atom. The highest BCUT2D eigenvalue weighted by Gasteiger charge is 2.10. The molecule has 0 atom stereocenters. The molecule has 4 aromatic rings. The van der Waals surface area contributed by atoms with E-state index in [4.69, 9.17) is 4.74 Å². The number of anilines is 3. The predicted octanol–water partition coefficient (Wildman–Crippen LogP) is 5.46. The van der Waals surface area contributed by atoms with Gasteiger partial charge in [-0.15, -0.1) is 0 Å². The van der Waals surface area contributed by atoms with Crippen LogP contribution in [0.5, 0.6) is 11.6 Å². The van der Waals surface area contributed by atoms with Gasteiger partial charge in [-0.05, 0) is 73.5 Å². The quantitative estimate of drug-likeness (QED) is 0.461. The van der Waals surface area contributed by atoms with E-state index in [0.717, 1.165) is 33.9 Å². The van der Waals surface area contributed by atoms with Crippen molar-refractivity contribution in [2.45, 2.75) is 13.8 Å². The SMILES string of the molecule is CNc1ccc(Nc2nccc(Oc3c(C)cc(-n4cccc4)cc3C)n2)cc1. The van der Waals surface area contributed by atoms with E-state index in [0.29, 0.717) is 11.8 Å². The van der Waals surface area contributed by atoms with E-state index in [1.807, 2.05) is 69.7 Å². The summed E-state index contributed by atoms with van der Waals surface area (Å²) in [5, 5.41) is 6.30. The van der Waals surface area contributed by atoms with Gasteiger partial charge < -0.3 is 19.9 Å². The number of rotatable bonds is 6. The van der Waals surface area contributed by atoms with E-state index in [1.165, 1.54) is 0 Å². The summed E-state index contributed by atoms with van der Waals surface area (Å²) in [6, 6.07) is 17.9. The third-order valence-corrected chi connectivity index (χ3v) is 4.61. The Balaban J connectivity index is 1.54. The van der Waals surface area contributed by atoms with Crippen molar-refractivity contribution < 1.29 is 4.74 Å². The average Bonchev–Trinajstić information content (AvgIpc) is 3.26. The summed E-state index contributed by atoms with van der Waals surface area (Å²) in [5.41, 5.74) is 5.15. The summed E-state index contributed by atoms with van der Waals surface area (Å²) in [5.74, 6) is 1.79. The zero-order valence-electron chi connectivity index (χ0n) is 16.7. The molecule has 2 aromatic carbocycles. The fraction of sp³-hybridized carbons (Fsp3) is 0.130. The molecule has 6 heteroatoms. The van der Waals surface area contributed by atoms with Gasteiger partial charge in [-0.25, -0.2) is 4.98 Å². The van der Waals surface area contributed by atoms with Crippen molar-refractivity contribution in [2.75, 3.05) is 17.7 Å². The molecule has 0 aliphatic carbocycles. The number of ether oxygens (including phenoxy) is 1. The van der Waals surface area contributed by atoms with E-state index < -0.39 is 0 Å². The largest absolute Gasteiger partial charge is 0.438 e. The molecule has 0 saturated carbocycles. The molecule has 0 aliphatic heterocycles. The first-order chi connectivity index (χ1) is 14.1. The molecule has 0 spiro atoms. The average molecular weight is 385 g/mol. The summed E-state index contributed by atoms with van der Waals surface area (Å²) in [6.07, 6.45) is 5.74. The van der Waals surface area contributed by atoms with Crippen LogP contribution < -0.4 is 15.4 Å². The molecule has 0 unspecified atom stereocenters. The number of hydrogen-bond acceptors (Lipinski definition) is 5. The van der Waals surface area contributed by atoms with Crippen LogP contribution in [0.1, 0.15) is 11.1 Å². The zero-order chi connectivity index (χ0) is 20.2. The molecule has 2 N–H and O–H groups in total. The highest BCUT2D eigenvalue weighted by Crippen LogP contribution is 2.30. The third-order valence-electron chi connectivity index (χ3n) is 4.61.